The Morgan fingerprint density at radius 1 is 1.00 bits per heavy atom. The number of amides is 1. The van der Waals surface area contributed by atoms with Gasteiger partial charge in [0.15, 0.2) is 0 Å². The average Bonchev–Trinajstić information content (AvgIpc) is 2.86. The summed E-state index contributed by atoms with van der Waals surface area (Å²) in [5.74, 6) is -1.52. The number of benzene rings is 3. The monoisotopic (exact) mass is 441 g/mol. The molecule has 0 bridgehead atoms. The minimum Gasteiger partial charge on any atom is -0.342 e. The first-order valence-electron chi connectivity index (χ1n) is 9.72. The van der Waals surface area contributed by atoms with Crippen LogP contribution in [0.4, 0.5) is 5.69 Å². The predicted molar refractivity (Wildman–Crippen MR) is 119 cm³/mol. The summed E-state index contributed by atoms with van der Waals surface area (Å²) in [4.78, 5) is 14.9. The van der Waals surface area contributed by atoms with Crippen molar-refractivity contribution < 1.29 is 14.3 Å². The fourth-order valence-electron chi connectivity index (χ4n) is 3.75. The average molecular weight is 442 g/mol. The lowest BCUT2D eigenvalue weighted by Crippen LogP contribution is -2.35. The Hall–Kier alpha value is -2.37. The van der Waals surface area contributed by atoms with Gasteiger partial charge in [0.1, 0.15) is 6.61 Å². The lowest BCUT2D eigenvalue weighted by atomic mass is 9.94. The Balaban J connectivity index is 1.93. The van der Waals surface area contributed by atoms with Crippen LogP contribution in [0.2, 0.25) is 10.0 Å². The Kier molecular flexibility index (Phi) is 6.11. The van der Waals surface area contributed by atoms with Crippen molar-refractivity contribution in [2.75, 3.05) is 18.1 Å². The van der Waals surface area contributed by atoms with Gasteiger partial charge in [-0.15, -0.1) is 0 Å². The zero-order valence-corrected chi connectivity index (χ0v) is 18.0. The summed E-state index contributed by atoms with van der Waals surface area (Å²) in [5.41, 5.74) is 2.96. The standard InChI is InChI=1S/C24H21Cl2NO3/c1-2-29-24(19-10-6-7-11-21(19)26)20-14-18(25)12-13-22(20)27(23(28)16-30-24)15-17-8-4-3-5-9-17/h3-14H,2,15-16H2,1H3. The lowest BCUT2D eigenvalue weighted by molar-refractivity contribution is -0.212. The summed E-state index contributed by atoms with van der Waals surface area (Å²) >= 11 is 12.9. The molecule has 1 heterocycles. The first-order chi connectivity index (χ1) is 14.5. The molecule has 154 valence electrons. The summed E-state index contributed by atoms with van der Waals surface area (Å²) in [6.45, 7) is 2.47. The van der Waals surface area contributed by atoms with Gasteiger partial charge >= 0.3 is 0 Å². The van der Waals surface area contributed by atoms with Gasteiger partial charge in [-0.2, -0.15) is 0 Å². The van der Waals surface area contributed by atoms with E-state index in [4.69, 9.17) is 32.7 Å². The van der Waals surface area contributed by atoms with Gasteiger partial charge in [-0.3, -0.25) is 4.79 Å². The van der Waals surface area contributed by atoms with E-state index in [1.165, 1.54) is 0 Å². The van der Waals surface area contributed by atoms with E-state index in [-0.39, 0.29) is 12.5 Å². The number of fused-ring (bicyclic) bond motifs is 1. The number of halogens is 2. The molecule has 3 aromatic carbocycles. The molecule has 0 N–H and O–H groups in total. The van der Waals surface area contributed by atoms with Crippen LogP contribution in [0.5, 0.6) is 0 Å². The summed E-state index contributed by atoms with van der Waals surface area (Å²) in [6.07, 6.45) is 0. The molecule has 0 radical (unpaired) electrons. The van der Waals surface area contributed by atoms with Crippen molar-refractivity contribution in [1.82, 2.24) is 0 Å². The van der Waals surface area contributed by atoms with Gasteiger partial charge < -0.3 is 14.4 Å². The Labute approximate surface area is 185 Å². The van der Waals surface area contributed by atoms with Crippen LogP contribution in [0.1, 0.15) is 23.6 Å². The number of hydrogen-bond donors (Lipinski definition) is 0. The number of anilines is 1. The molecule has 30 heavy (non-hydrogen) atoms. The van der Waals surface area contributed by atoms with Crippen LogP contribution < -0.4 is 4.90 Å². The van der Waals surface area contributed by atoms with Crippen molar-refractivity contribution in [3.63, 3.8) is 0 Å². The van der Waals surface area contributed by atoms with Crippen molar-refractivity contribution in [3.8, 4) is 0 Å². The molecule has 0 spiro atoms. The second-order valence-electron chi connectivity index (χ2n) is 6.95. The number of carbonyl (C=O) groups is 1. The predicted octanol–water partition coefficient (Wildman–Crippen LogP) is 5.79. The van der Waals surface area contributed by atoms with Crippen LogP contribution in [0.3, 0.4) is 0 Å². The molecule has 1 unspecified atom stereocenters. The lowest BCUT2D eigenvalue weighted by Gasteiger charge is -2.34. The fourth-order valence-corrected chi connectivity index (χ4v) is 4.18. The summed E-state index contributed by atoms with van der Waals surface area (Å²) in [7, 11) is 0. The van der Waals surface area contributed by atoms with E-state index in [0.717, 1.165) is 5.56 Å². The number of carbonyl (C=O) groups excluding carboxylic acids is 1. The summed E-state index contributed by atoms with van der Waals surface area (Å²) in [6, 6.07) is 22.5. The van der Waals surface area contributed by atoms with Crippen LogP contribution >= 0.6 is 23.2 Å². The van der Waals surface area contributed by atoms with E-state index in [9.17, 15) is 4.79 Å². The third kappa shape index (κ3) is 3.84. The molecule has 0 fully saturated rings. The zero-order chi connectivity index (χ0) is 21.1. The molecule has 0 saturated heterocycles. The summed E-state index contributed by atoms with van der Waals surface area (Å²) < 4.78 is 12.4. The Morgan fingerprint density at radius 3 is 2.47 bits per heavy atom. The minimum absolute atomic E-state index is 0.162. The van der Waals surface area contributed by atoms with Gasteiger partial charge in [0.05, 0.1) is 12.2 Å². The fraction of sp³-hybridized carbons (Fsp3) is 0.208. The maximum absolute atomic E-state index is 13.2. The van der Waals surface area contributed by atoms with Crippen molar-refractivity contribution >= 4 is 34.8 Å². The van der Waals surface area contributed by atoms with Gasteiger partial charge in [-0.05, 0) is 36.8 Å². The highest BCUT2D eigenvalue weighted by atomic mass is 35.5. The largest absolute Gasteiger partial charge is 0.342 e. The molecular weight excluding hydrogens is 421 g/mol. The van der Waals surface area contributed by atoms with Gasteiger partial charge in [0, 0.05) is 27.8 Å². The molecule has 1 aliphatic rings. The van der Waals surface area contributed by atoms with Crippen molar-refractivity contribution in [2.45, 2.75) is 19.3 Å². The van der Waals surface area contributed by atoms with E-state index in [2.05, 4.69) is 0 Å². The summed E-state index contributed by atoms with van der Waals surface area (Å²) in [5, 5.41) is 1.00. The maximum atomic E-state index is 13.2. The first kappa shape index (κ1) is 20.9. The van der Waals surface area contributed by atoms with Crippen LogP contribution in [-0.2, 0) is 26.6 Å². The number of ether oxygens (including phenoxy) is 2. The third-order valence-electron chi connectivity index (χ3n) is 5.06. The van der Waals surface area contributed by atoms with Crippen molar-refractivity contribution in [3.05, 3.63) is 99.5 Å². The Morgan fingerprint density at radius 2 is 1.73 bits per heavy atom. The van der Waals surface area contributed by atoms with Gasteiger partial charge in [-0.1, -0.05) is 71.7 Å². The number of hydrogen-bond acceptors (Lipinski definition) is 3. The van der Waals surface area contributed by atoms with Crippen LogP contribution in [-0.4, -0.2) is 19.1 Å². The molecule has 0 aliphatic carbocycles. The molecule has 1 aliphatic heterocycles. The van der Waals surface area contributed by atoms with Crippen molar-refractivity contribution in [1.29, 1.82) is 0 Å². The quantitative estimate of drug-likeness (QED) is 0.502. The van der Waals surface area contributed by atoms with Crippen LogP contribution in [0.25, 0.3) is 0 Å². The number of rotatable bonds is 5. The highest BCUT2D eigenvalue weighted by molar-refractivity contribution is 6.31. The highest BCUT2D eigenvalue weighted by Crippen LogP contribution is 2.45. The molecule has 0 aromatic heterocycles. The number of nitrogens with zero attached hydrogens (tertiary/aromatic N) is 1. The van der Waals surface area contributed by atoms with E-state index in [0.29, 0.717) is 40.0 Å². The Bertz CT molecular complexity index is 1060. The van der Waals surface area contributed by atoms with E-state index in [1.807, 2.05) is 61.5 Å². The third-order valence-corrected chi connectivity index (χ3v) is 5.63. The minimum atomic E-state index is -1.35. The second kappa shape index (κ2) is 8.78. The molecule has 4 nitrogen and oxygen atoms in total. The van der Waals surface area contributed by atoms with Crippen LogP contribution in [0.15, 0.2) is 72.8 Å². The topological polar surface area (TPSA) is 38.8 Å². The zero-order valence-electron chi connectivity index (χ0n) is 16.5. The van der Waals surface area contributed by atoms with E-state index >= 15 is 0 Å². The van der Waals surface area contributed by atoms with E-state index < -0.39 is 5.79 Å². The SMILES string of the molecule is CCOC1(c2ccccc2Cl)OCC(=O)N(Cc2ccccc2)c2ccc(Cl)cc21. The first-order valence-corrected chi connectivity index (χ1v) is 10.5. The molecule has 3 aromatic rings. The molecule has 6 heteroatoms. The van der Waals surface area contributed by atoms with Gasteiger partial charge in [0.25, 0.3) is 5.91 Å². The van der Waals surface area contributed by atoms with Gasteiger partial charge in [0.2, 0.25) is 5.79 Å². The smallest absolute Gasteiger partial charge is 0.253 e. The van der Waals surface area contributed by atoms with E-state index in [1.54, 1.807) is 23.1 Å². The van der Waals surface area contributed by atoms with Gasteiger partial charge in [-0.25, -0.2) is 0 Å². The second-order valence-corrected chi connectivity index (χ2v) is 7.79. The normalized spacial score (nSPS) is 18.8. The van der Waals surface area contributed by atoms with Crippen molar-refractivity contribution in [2.24, 2.45) is 0 Å². The molecule has 0 saturated carbocycles. The highest BCUT2D eigenvalue weighted by Gasteiger charge is 2.44. The van der Waals surface area contributed by atoms with Crippen LogP contribution in [0, 0.1) is 0 Å². The molecule has 1 amide bonds. The molecule has 1 atom stereocenters. The molecule has 4 rings (SSSR count). The maximum Gasteiger partial charge on any atom is 0.253 e. The molecular formula is C24H21Cl2NO3.